The molecular weight excluding hydrogens is 494 g/mol. The third-order valence-electron chi connectivity index (χ3n) is 5.60. The largest absolute Gasteiger partial charge is 0.490 e. The fourth-order valence-electron chi connectivity index (χ4n) is 3.82. The Morgan fingerprint density at radius 2 is 2.00 bits per heavy atom. The summed E-state index contributed by atoms with van der Waals surface area (Å²) in [5, 5.41) is 3.97. The van der Waals surface area contributed by atoms with E-state index in [-0.39, 0.29) is 29.3 Å². The Morgan fingerprint density at radius 1 is 1.24 bits per heavy atom. The number of ether oxygens (including phenoxy) is 1. The van der Waals surface area contributed by atoms with Crippen molar-refractivity contribution in [2.75, 3.05) is 31.0 Å². The molecule has 176 valence electrons. The Hall–Kier alpha value is -2.34. The molecule has 2 heterocycles. The van der Waals surface area contributed by atoms with Gasteiger partial charge in [0.1, 0.15) is 17.0 Å². The average Bonchev–Trinajstić information content (AvgIpc) is 3.34. The summed E-state index contributed by atoms with van der Waals surface area (Å²) < 4.78 is 65.1. The van der Waals surface area contributed by atoms with Crippen LogP contribution in [0.25, 0.3) is 0 Å². The van der Waals surface area contributed by atoms with Crippen LogP contribution in [-0.2, 0) is 10.0 Å². The highest BCUT2D eigenvalue weighted by Gasteiger charge is 2.30. The van der Waals surface area contributed by atoms with Crippen LogP contribution in [0.2, 0.25) is 5.02 Å². The zero-order chi connectivity index (χ0) is 23.6. The number of aromatic nitrogens is 2. The van der Waals surface area contributed by atoms with E-state index in [9.17, 15) is 17.2 Å². The van der Waals surface area contributed by atoms with Crippen LogP contribution in [0.15, 0.2) is 47.6 Å². The van der Waals surface area contributed by atoms with Crippen molar-refractivity contribution in [2.45, 2.75) is 17.2 Å². The van der Waals surface area contributed by atoms with Crippen molar-refractivity contribution in [1.29, 1.82) is 0 Å². The lowest BCUT2D eigenvalue weighted by Crippen LogP contribution is -2.38. The van der Waals surface area contributed by atoms with E-state index >= 15 is 0 Å². The van der Waals surface area contributed by atoms with Gasteiger partial charge < -0.3 is 10.1 Å². The Kier molecular flexibility index (Phi) is 7.13. The highest BCUT2D eigenvalue weighted by atomic mass is 35.5. The monoisotopic (exact) mass is 514 g/mol. The third-order valence-corrected chi connectivity index (χ3v) is 8.48. The van der Waals surface area contributed by atoms with Crippen molar-refractivity contribution in [3.05, 3.63) is 64.9 Å². The lowest BCUT2D eigenvalue weighted by Gasteiger charge is -2.32. The zero-order valence-electron chi connectivity index (χ0n) is 17.5. The maximum atomic E-state index is 14.8. The van der Waals surface area contributed by atoms with Crippen molar-refractivity contribution >= 4 is 38.3 Å². The molecule has 0 spiro atoms. The first-order chi connectivity index (χ1) is 15.8. The smallest absolute Gasteiger partial charge is 0.268 e. The number of piperidine rings is 1. The summed E-state index contributed by atoms with van der Waals surface area (Å²) in [7, 11) is -3.17. The van der Waals surface area contributed by atoms with E-state index in [0.717, 1.165) is 40.4 Å². The van der Waals surface area contributed by atoms with Crippen LogP contribution >= 0.6 is 23.1 Å². The first-order valence-electron chi connectivity index (χ1n) is 10.1. The molecule has 0 saturated carbocycles. The Bertz CT molecular complexity index is 1210. The molecule has 2 aromatic carbocycles. The van der Waals surface area contributed by atoms with Gasteiger partial charge in [-0.05, 0) is 36.6 Å². The van der Waals surface area contributed by atoms with Gasteiger partial charge in [0.2, 0.25) is 5.13 Å². The SMILES string of the molecule is CN(c1ncns1)S(=O)(=O)c1cc(F)c(OCC2CNCCC2c2ccc(Cl)cc2)cc1F. The van der Waals surface area contributed by atoms with Crippen LogP contribution < -0.4 is 14.4 Å². The number of hydrogen-bond donors (Lipinski definition) is 1. The molecule has 0 bridgehead atoms. The van der Waals surface area contributed by atoms with E-state index in [0.29, 0.717) is 17.6 Å². The Balaban J connectivity index is 1.52. The first kappa shape index (κ1) is 23.8. The topological polar surface area (TPSA) is 84.4 Å². The number of benzene rings is 2. The van der Waals surface area contributed by atoms with Gasteiger partial charge in [-0.3, -0.25) is 0 Å². The fourth-order valence-corrected chi connectivity index (χ4v) is 5.84. The molecule has 0 aliphatic carbocycles. The molecule has 33 heavy (non-hydrogen) atoms. The molecular formula is C21H21ClF2N4O3S2. The minimum absolute atomic E-state index is 0.00864. The predicted molar refractivity (Wildman–Crippen MR) is 123 cm³/mol. The van der Waals surface area contributed by atoms with E-state index in [4.69, 9.17) is 16.3 Å². The van der Waals surface area contributed by atoms with E-state index in [1.807, 2.05) is 24.3 Å². The number of sulfonamides is 1. The number of nitrogens with zero attached hydrogens (tertiary/aromatic N) is 3. The van der Waals surface area contributed by atoms with E-state index in [1.165, 1.54) is 13.4 Å². The van der Waals surface area contributed by atoms with Crippen LogP contribution in [0.4, 0.5) is 13.9 Å². The van der Waals surface area contributed by atoms with E-state index < -0.39 is 26.6 Å². The van der Waals surface area contributed by atoms with Crippen molar-refractivity contribution in [3.8, 4) is 5.75 Å². The van der Waals surface area contributed by atoms with Gasteiger partial charge in [0.05, 0.1) is 6.61 Å². The number of rotatable bonds is 7. The molecule has 2 unspecified atom stereocenters. The summed E-state index contributed by atoms with van der Waals surface area (Å²) in [5.74, 6) is -2.25. The van der Waals surface area contributed by atoms with Gasteiger partial charge in [0, 0.05) is 48.2 Å². The molecule has 0 radical (unpaired) electrons. The van der Waals surface area contributed by atoms with Gasteiger partial charge in [-0.25, -0.2) is 26.5 Å². The number of nitrogens with one attached hydrogen (secondary N) is 1. The Labute approximate surface area is 199 Å². The number of anilines is 1. The minimum Gasteiger partial charge on any atom is -0.490 e. The second-order valence-electron chi connectivity index (χ2n) is 7.63. The maximum absolute atomic E-state index is 14.8. The standard InChI is InChI=1S/C21H21ClF2N4O3S2/c1-28(21-26-12-27-32-21)33(29,30)20-9-17(23)19(8-18(20)24)31-11-14-10-25-7-6-16(14)13-2-4-15(22)5-3-13/h2-5,8-9,12,14,16,25H,6-7,10-11H2,1H3. The summed E-state index contributed by atoms with van der Waals surface area (Å²) in [6.07, 6.45) is 2.04. The van der Waals surface area contributed by atoms with Crippen LogP contribution in [0, 0.1) is 17.6 Å². The minimum atomic E-state index is -4.37. The summed E-state index contributed by atoms with van der Waals surface area (Å²) in [6, 6.07) is 8.96. The van der Waals surface area contributed by atoms with Crippen LogP contribution in [0.3, 0.4) is 0 Å². The summed E-state index contributed by atoms with van der Waals surface area (Å²) in [4.78, 5) is 2.99. The van der Waals surface area contributed by atoms with Crippen LogP contribution in [0.5, 0.6) is 5.75 Å². The van der Waals surface area contributed by atoms with Gasteiger partial charge in [-0.1, -0.05) is 23.7 Å². The van der Waals surface area contributed by atoms with Crippen molar-refractivity contribution in [1.82, 2.24) is 14.7 Å². The zero-order valence-corrected chi connectivity index (χ0v) is 19.9. The fraction of sp³-hybridized carbons (Fsp3) is 0.333. The molecule has 7 nitrogen and oxygen atoms in total. The molecule has 1 aliphatic heterocycles. The molecule has 4 rings (SSSR count). The molecule has 2 atom stereocenters. The van der Waals surface area contributed by atoms with E-state index in [1.54, 1.807) is 0 Å². The van der Waals surface area contributed by atoms with Crippen molar-refractivity contribution in [3.63, 3.8) is 0 Å². The maximum Gasteiger partial charge on any atom is 0.268 e. The van der Waals surface area contributed by atoms with Crippen LogP contribution in [0.1, 0.15) is 17.9 Å². The molecule has 1 saturated heterocycles. The molecule has 1 aromatic heterocycles. The van der Waals surface area contributed by atoms with Crippen LogP contribution in [-0.4, -0.2) is 44.5 Å². The van der Waals surface area contributed by atoms with Gasteiger partial charge in [-0.15, -0.1) is 0 Å². The Morgan fingerprint density at radius 3 is 2.70 bits per heavy atom. The molecule has 12 heteroatoms. The number of hydrogen-bond acceptors (Lipinski definition) is 7. The summed E-state index contributed by atoms with van der Waals surface area (Å²) in [5.41, 5.74) is 1.10. The predicted octanol–water partition coefficient (Wildman–Crippen LogP) is 4.07. The third kappa shape index (κ3) is 5.11. The molecule has 1 N–H and O–H groups in total. The second kappa shape index (κ2) is 9.88. The van der Waals surface area contributed by atoms with Crippen molar-refractivity contribution < 1.29 is 21.9 Å². The lowest BCUT2D eigenvalue weighted by atomic mass is 9.81. The lowest BCUT2D eigenvalue weighted by molar-refractivity contribution is 0.190. The first-order valence-corrected chi connectivity index (χ1v) is 12.7. The van der Waals surface area contributed by atoms with Gasteiger partial charge in [0.25, 0.3) is 10.0 Å². The van der Waals surface area contributed by atoms with Gasteiger partial charge in [0.15, 0.2) is 11.6 Å². The quantitative estimate of drug-likeness (QED) is 0.512. The summed E-state index contributed by atoms with van der Waals surface area (Å²) >= 11 is 6.81. The normalized spacial score (nSPS) is 18.8. The van der Waals surface area contributed by atoms with Gasteiger partial charge in [-0.2, -0.15) is 4.37 Å². The highest BCUT2D eigenvalue weighted by molar-refractivity contribution is 7.93. The van der Waals surface area contributed by atoms with Gasteiger partial charge >= 0.3 is 0 Å². The molecule has 1 aliphatic rings. The molecule has 0 amide bonds. The second-order valence-corrected chi connectivity index (χ2v) is 10.8. The molecule has 3 aromatic rings. The summed E-state index contributed by atoms with van der Waals surface area (Å²) in [6.45, 7) is 1.62. The van der Waals surface area contributed by atoms with E-state index in [2.05, 4.69) is 14.7 Å². The number of halogens is 3. The molecule has 1 fully saturated rings. The van der Waals surface area contributed by atoms with Crippen molar-refractivity contribution in [2.24, 2.45) is 5.92 Å². The average molecular weight is 515 g/mol. The highest BCUT2D eigenvalue weighted by Crippen LogP contribution is 2.33.